The van der Waals surface area contributed by atoms with Gasteiger partial charge in [-0.2, -0.15) is 0 Å². The quantitative estimate of drug-likeness (QED) is 0.802. The number of aliphatic hydroxyl groups is 1. The van der Waals surface area contributed by atoms with Gasteiger partial charge in [0.15, 0.2) is 0 Å². The van der Waals surface area contributed by atoms with Gasteiger partial charge in [-0.1, -0.05) is 60.7 Å². The van der Waals surface area contributed by atoms with Gasteiger partial charge in [-0.25, -0.2) is 4.79 Å². The second kappa shape index (κ2) is 9.36. The van der Waals surface area contributed by atoms with Crippen molar-refractivity contribution in [2.24, 2.45) is 0 Å². The summed E-state index contributed by atoms with van der Waals surface area (Å²) in [7, 11) is 0. The van der Waals surface area contributed by atoms with Crippen LogP contribution >= 0.6 is 0 Å². The number of amides is 1. The maximum absolute atomic E-state index is 12.3. The number of nitrogens with one attached hydrogen (secondary N) is 1. The molecule has 5 nitrogen and oxygen atoms in total. The van der Waals surface area contributed by atoms with Gasteiger partial charge in [-0.15, -0.1) is 0 Å². The molecule has 1 aliphatic rings. The van der Waals surface area contributed by atoms with Crippen molar-refractivity contribution in [1.29, 1.82) is 0 Å². The van der Waals surface area contributed by atoms with Crippen molar-refractivity contribution in [3.05, 3.63) is 71.8 Å². The highest BCUT2D eigenvalue weighted by Crippen LogP contribution is 2.19. The zero-order valence-corrected chi connectivity index (χ0v) is 14.9. The third kappa shape index (κ3) is 5.31. The van der Waals surface area contributed by atoms with Crippen molar-refractivity contribution in [2.45, 2.75) is 31.6 Å². The zero-order chi connectivity index (χ0) is 18.2. The fraction of sp³-hybridized carbons (Fsp3) is 0.381. The number of benzene rings is 2. The van der Waals surface area contributed by atoms with E-state index in [-0.39, 0.29) is 6.61 Å². The average Bonchev–Trinajstić information content (AvgIpc) is 3.20. The molecule has 1 saturated heterocycles. The Hall–Kier alpha value is -2.37. The molecule has 0 aliphatic carbocycles. The molecule has 138 valence electrons. The molecular formula is C21H26N2O3. The summed E-state index contributed by atoms with van der Waals surface area (Å²) in [5.74, 6) is 0. The minimum Gasteiger partial charge on any atom is -0.445 e. The molecule has 2 unspecified atom stereocenters. The first-order chi connectivity index (χ1) is 12.7. The summed E-state index contributed by atoms with van der Waals surface area (Å²) in [6.45, 7) is 2.82. The number of rotatable bonds is 7. The van der Waals surface area contributed by atoms with Crippen LogP contribution in [0.15, 0.2) is 60.7 Å². The molecule has 1 amide bonds. The highest BCUT2D eigenvalue weighted by molar-refractivity contribution is 5.67. The second-order valence-corrected chi connectivity index (χ2v) is 6.68. The molecule has 2 N–H and O–H groups in total. The monoisotopic (exact) mass is 354 g/mol. The normalized spacial score (nSPS) is 16.8. The van der Waals surface area contributed by atoms with Gasteiger partial charge < -0.3 is 20.1 Å². The fourth-order valence-electron chi connectivity index (χ4n) is 3.27. The molecular weight excluding hydrogens is 328 g/mol. The largest absolute Gasteiger partial charge is 0.445 e. The van der Waals surface area contributed by atoms with Crippen LogP contribution in [0.4, 0.5) is 4.79 Å². The van der Waals surface area contributed by atoms with Crippen LogP contribution in [0, 0.1) is 0 Å². The van der Waals surface area contributed by atoms with E-state index in [0.717, 1.165) is 37.1 Å². The Labute approximate surface area is 154 Å². The molecule has 5 heteroatoms. The van der Waals surface area contributed by atoms with E-state index in [9.17, 15) is 9.90 Å². The van der Waals surface area contributed by atoms with E-state index in [4.69, 9.17) is 4.74 Å². The smallest absolute Gasteiger partial charge is 0.407 e. The molecule has 1 heterocycles. The van der Waals surface area contributed by atoms with E-state index in [0.29, 0.717) is 6.54 Å². The maximum atomic E-state index is 12.3. The lowest BCUT2D eigenvalue weighted by atomic mass is 10.0. The number of nitrogens with zero attached hydrogens (tertiary/aromatic N) is 1. The van der Waals surface area contributed by atoms with E-state index in [1.165, 1.54) is 0 Å². The Bertz CT molecular complexity index is 672. The minimum atomic E-state index is -0.777. The predicted molar refractivity (Wildman–Crippen MR) is 101 cm³/mol. The maximum Gasteiger partial charge on any atom is 0.407 e. The van der Waals surface area contributed by atoms with E-state index in [1.54, 1.807) is 0 Å². The highest BCUT2D eigenvalue weighted by Gasteiger charge is 2.27. The number of likely N-dealkylation sites (tertiary alicyclic amines) is 1. The van der Waals surface area contributed by atoms with Crippen LogP contribution in [0.25, 0.3) is 0 Å². The fourth-order valence-corrected chi connectivity index (χ4v) is 3.27. The Morgan fingerprint density at radius 1 is 1.04 bits per heavy atom. The molecule has 1 aliphatic heterocycles. The van der Waals surface area contributed by atoms with Gasteiger partial charge in [0.1, 0.15) is 12.7 Å². The van der Waals surface area contributed by atoms with Crippen molar-refractivity contribution in [2.75, 3.05) is 19.6 Å². The third-order valence-corrected chi connectivity index (χ3v) is 4.69. The molecule has 3 rings (SSSR count). The Balaban J connectivity index is 1.61. The summed E-state index contributed by atoms with van der Waals surface area (Å²) in [6, 6.07) is 18.6. The molecule has 2 aromatic carbocycles. The number of carbonyl (C=O) groups excluding carboxylic acids is 1. The van der Waals surface area contributed by atoms with Gasteiger partial charge in [-0.3, -0.25) is 0 Å². The zero-order valence-electron chi connectivity index (χ0n) is 14.9. The first kappa shape index (κ1) is 18.4. The lowest BCUT2D eigenvalue weighted by Gasteiger charge is -2.28. The van der Waals surface area contributed by atoms with Gasteiger partial charge in [0, 0.05) is 6.54 Å². The first-order valence-electron chi connectivity index (χ1n) is 9.15. The van der Waals surface area contributed by atoms with Gasteiger partial charge in [0.05, 0.1) is 6.04 Å². The number of ether oxygens (including phenoxy) is 1. The van der Waals surface area contributed by atoms with Crippen LogP contribution in [0.1, 0.15) is 30.1 Å². The lowest BCUT2D eigenvalue weighted by molar-refractivity contribution is 0.0882. The minimum absolute atomic E-state index is 0.213. The van der Waals surface area contributed by atoms with Crippen molar-refractivity contribution < 1.29 is 14.6 Å². The van der Waals surface area contributed by atoms with Crippen LogP contribution in [0.2, 0.25) is 0 Å². The van der Waals surface area contributed by atoms with Crippen LogP contribution in [0.3, 0.4) is 0 Å². The average molecular weight is 354 g/mol. The van der Waals surface area contributed by atoms with Crippen LogP contribution in [0.5, 0.6) is 0 Å². The molecule has 0 radical (unpaired) electrons. The molecule has 0 aromatic heterocycles. The summed E-state index contributed by atoms with van der Waals surface area (Å²) in [5.41, 5.74) is 1.72. The van der Waals surface area contributed by atoms with E-state index >= 15 is 0 Å². The Kier molecular flexibility index (Phi) is 6.63. The SMILES string of the molecule is O=C(NC(CN1CCCC1)C(O)c1ccccc1)OCc1ccccc1. The summed E-state index contributed by atoms with van der Waals surface area (Å²) in [5, 5.41) is 13.6. The number of alkyl carbamates (subject to hydrolysis) is 1. The van der Waals surface area contributed by atoms with Crippen molar-refractivity contribution in [1.82, 2.24) is 10.2 Å². The lowest BCUT2D eigenvalue weighted by Crippen LogP contribution is -2.46. The first-order valence-corrected chi connectivity index (χ1v) is 9.15. The van der Waals surface area contributed by atoms with Gasteiger partial charge >= 0.3 is 6.09 Å². The number of aliphatic hydroxyl groups excluding tert-OH is 1. The molecule has 1 fully saturated rings. The third-order valence-electron chi connectivity index (χ3n) is 4.69. The summed E-state index contributed by atoms with van der Waals surface area (Å²) in [4.78, 5) is 14.5. The van der Waals surface area contributed by atoms with Gasteiger partial charge in [-0.05, 0) is 37.1 Å². The van der Waals surface area contributed by atoms with Crippen LogP contribution in [-0.2, 0) is 11.3 Å². The number of carbonyl (C=O) groups is 1. The Morgan fingerprint density at radius 3 is 2.31 bits per heavy atom. The summed E-state index contributed by atoms with van der Waals surface area (Å²) >= 11 is 0. The summed E-state index contributed by atoms with van der Waals surface area (Å²) < 4.78 is 5.33. The molecule has 26 heavy (non-hydrogen) atoms. The van der Waals surface area contributed by atoms with Crippen molar-refractivity contribution in [3.63, 3.8) is 0 Å². The van der Waals surface area contributed by atoms with Crippen LogP contribution < -0.4 is 5.32 Å². The van der Waals surface area contributed by atoms with Crippen molar-refractivity contribution >= 4 is 6.09 Å². The number of hydrogen-bond acceptors (Lipinski definition) is 4. The standard InChI is InChI=1S/C21H26N2O3/c24-20(18-11-5-2-6-12-18)19(15-23-13-7-8-14-23)22-21(25)26-16-17-9-3-1-4-10-17/h1-6,9-12,19-20,24H,7-8,13-16H2,(H,22,25). The van der Waals surface area contributed by atoms with E-state index < -0.39 is 18.2 Å². The predicted octanol–water partition coefficient (Wildman–Crippen LogP) is 3.11. The molecule has 2 atom stereocenters. The molecule has 0 bridgehead atoms. The number of hydrogen-bond donors (Lipinski definition) is 2. The Morgan fingerprint density at radius 2 is 1.65 bits per heavy atom. The highest BCUT2D eigenvalue weighted by atomic mass is 16.5. The molecule has 0 spiro atoms. The van der Waals surface area contributed by atoms with Crippen molar-refractivity contribution in [3.8, 4) is 0 Å². The van der Waals surface area contributed by atoms with E-state index in [2.05, 4.69) is 10.2 Å². The summed E-state index contributed by atoms with van der Waals surface area (Å²) in [6.07, 6.45) is 1.04. The molecule has 2 aromatic rings. The molecule has 0 saturated carbocycles. The van der Waals surface area contributed by atoms with Gasteiger partial charge in [0.2, 0.25) is 0 Å². The second-order valence-electron chi connectivity index (χ2n) is 6.68. The van der Waals surface area contributed by atoms with E-state index in [1.807, 2.05) is 60.7 Å². The topological polar surface area (TPSA) is 61.8 Å². The van der Waals surface area contributed by atoms with Crippen LogP contribution in [-0.4, -0.2) is 41.8 Å². The van der Waals surface area contributed by atoms with Gasteiger partial charge in [0.25, 0.3) is 0 Å².